The van der Waals surface area contributed by atoms with Gasteiger partial charge in [0.05, 0.1) is 7.21 Å². The topological polar surface area (TPSA) is 49.1 Å². The van der Waals surface area contributed by atoms with Gasteiger partial charge < -0.3 is 0 Å². The second-order valence-electron chi connectivity index (χ2n) is 5.83. The first-order valence-electron chi connectivity index (χ1n) is 6.41. The van der Waals surface area contributed by atoms with E-state index < -0.39 is 21.6 Å². The van der Waals surface area contributed by atoms with Crippen molar-refractivity contribution in [2.45, 2.75) is 19.8 Å². The quantitative estimate of drug-likeness (QED) is 0.536. The van der Waals surface area contributed by atoms with Crippen LogP contribution in [-0.4, -0.2) is 53.6 Å². The van der Waals surface area contributed by atoms with Crippen LogP contribution >= 0.6 is 21.6 Å². The van der Waals surface area contributed by atoms with Gasteiger partial charge in [0.2, 0.25) is 0 Å². The van der Waals surface area contributed by atoms with Crippen molar-refractivity contribution in [1.82, 2.24) is 5.09 Å². The lowest BCUT2D eigenvalue weighted by Gasteiger charge is -2.22. The summed E-state index contributed by atoms with van der Waals surface area (Å²) >= 11 is 0. The minimum Gasteiger partial charge on any atom is -0.271 e. The lowest BCUT2D eigenvalue weighted by atomic mass is 10.3. The predicted molar refractivity (Wildman–Crippen MR) is 92.4 cm³/mol. The first kappa shape index (κ1) is 18.7. The van der Waals surface area contributed by atoms with Crippen LogP contribution in [0, 0.1) is 0 Å². The third kappa shape index (κ3) is 8.70. The van der Waals surface area contributed by atoms with Gasteiger partial charge >= 0.3 is 0 Å². The van der Waals surface area contributed by atoms with Gasteiger partial charge in [-0.3, -0.25) is 14.3 Å². The van der Waals surface area contributed by atoms with E-state index in [4.69, 9.17) is 9.03 Å². The summed E-state index contributed by atoms with van der Waals surface area (Å²) < 4.78 is 14.5. The van der Waals surface area contributed by atoms with E-state index >= 15 is 0 Å². The Bertz CT molecular complexity index is 406. The van der Waals surface area contributed by atoms with Crippen LogP contribution in [0.25, 0.3) is 0 Å². The molecule has 0 fully saturated rings. The van der Waals surface area contributed by atoms with Crippen LogP contribution in [0.15, 0.2) is 13.8 Å². The molecule has 1 unspecified atom stereocenters. The lowest BCUT2D eigenvalue weighted by molar-refractivity contribution is 0.768. The number of unbranched alkanes of at least 4 members (excludes halogenated alkanes) is 1. The summed E-state index contributed by atoms with van der Waals surface area (Å²) in [6, 6.07) is 0. The predicted octanol–water partition coefficient (Wildman–Crippen LogP) is 5.13. The van der Waals surface area contributed by atoms with Crippen LogP contribution in [0.2, 0.25) is 0 Å². The molecular weight excluding hydrogens is 281 g/mol. The van der Waals surface area contributed by atoms with Crippen molar-refractivity contribution < 1.29 is 0 Å². The van der Waals surface area contributed by atoms with E-state index in [1.807, 2.05) is 7.05 Å². The largest absolute Gasteiger partial charge is 0.271 e. The van der Waals surface area contributed by atoms with Crippen LogP contribution < -0.4 is 5.09 Å². The molecule has 1 atom stereocenters. The smallest absolute Gasteiger partial charge is 0.134 e. The Hall–Kier alpha value is 0.650. The van der Waals surface area contributed by atoms with Gasteiger partial charge in [-0.2, -0.15) is 0 Å². The van der Waals surface area contributed by atoms with Crippen molar-refractivity contribution in [3.05, 3.63) is 0 Å². The SMILES string of the molecule is CCCCNP(C)(N=P(C)(C)N=P(C)(C)C)=NC. The molecule has 0 saturated carbocycles. The fourth-order valence-electron chi connectivity index (χ4n) is 1.71. The molecule has 0 bridgehead atoms. The summed E-state index contributed by atoms with van der Waals surface area (Å²) in [5, 5.41) is 3.55. The molecule has 0 aromatic carbocycles. The highest BCUT2D eigenvalue weighted by Crippen LogP contribution is 2.61. The van der Waals surface area contributed by atoms with Crippen LogP contribution in [0.5, 0.6) is 0 Å². The number of nitrogens with one attached hydrogen (secondary N) is 1. The number of hydrogen-bond donors (Lipinski definition) is 1. The highest BCUT2D eigenvalue weighted by atomic mass is 31.2. The van der Waals surface area contributed by atoms with Crippen molar-refractivity contribution in [2.75, 3.05) is 53.6 Å². The first-order valence-corrected chi connectivity index (χ1v) is 14.2. The van der Waals surface area contributed by atoms with Crippen LogP contribution in [0.3, 0.4) is 0 Å². The fourth-order valence-corrected chi connectivity index (χ4v) is 12.1. The van der Waals surface area contributed by atoms with E-state index in [0.29, 0.717) is 0 Å². The molecule has 0 rings (SSSR count). The number of rotatable bonds is 6. The maximum atomic E-state index is 5.02. The number of hydrogen-bond acceptors (Lipinski definition) is 1. The number of nitrogens with zero attached hydrogens (tertiary/aromatic N) is 3. The molecular formula is C11H31N4P3. The maximum absolute atomic E-state index is 5.02. The standard InChI is InChI=1S/C11H31N4P3/c1-9-10-11-13-18(8,12-2)15-17(6,7)14-16(3,4)5/h13H,9-11H2,1-8H3. The molecule has 0 heterocycles. The van der Waals surface area contributed by atoms with Crippen molar-refractivity contribution in [3.63, 3.8) is 0 Å². The molecule has 0 aliphatic heterocycles. The van der Waals surface area contributed by atoms with Crippen molar-refractivity contribution in [3.8, 4) is 0 Å². The third-order valence-electron chi connectivity index (χ3n) is 2.21. The van der Waals surface area contributed by atoms with Gasteiger partial charge in [0.1, 0.15) is 7.36 Å². The summed E-state index contributed by atoms with van der Waals surface area (Å²) in [6.45, 7) is 16.5. The van der Waals surface area contributed by atoms with Crippen molar-refractivity contribution in [1.29, 1.82) is 0 Å². The molecule has 4 nitrogen and oxygen atoms in total. The third-order valence-corrected chi connectivity index (χ3v) is 10.9. The molecule has 0 radical (unpaired) electrons. The van der Waals surface area contributed by atoms with Gasteiger partial charge in [0.25, 0.3) is 0 Å². The van der Waals surface area contributed by atoms with Gasteiger partial charge in [-0.25, -0.2) is 4.52 Å². The molecule has 0 spiro atoms. The minimum absolute atomic E-state index is 1.01. The average molecular weight is 312 g/mol. The molecule has 0 saturated heterocycles. The second-order valence-corrected chi connectivity index (χ2v) is 16.4. The van der Waals surface area contributed by atoms with Crippen molar-refractivity contribution >= 4 is 21.6 Å². The van der Waals surface area contributed by atoms with E-state index in [-0.39, 0.29) is 0 Å². The van der Waals surface area contributed by atoms with E-state index in [9.17, 15) is 0 Å². The fraction of sp³-hybridized carbons (Fsp3) is 1.00. The second kappa shape index (κ2) is 7.44. The molecule has 0 amide bonds. The van der Waals surface area contributed by atoms with Crippen LogP contribution in [0.4, 0.5) is 0 Å². The van der Waals surface area contributed by atoms with Gasteiger partial charge in [0, 0.05) is 20.3 Å². The van der Waals surface area contributed by atoms with E-state index in [2.05, 4.69) is 56.7 Å². The normalized spacial score (nSPS) is 16.0. The Morgan fingerprint density at radius 2 is 1.50 bits per heavy atom. The zero-order valence-corrected chi connectivity index (χ0v) is 16.0. The summed E-state index contributed by atoms with van der Waals surface area (Å²) in [5.74, 6) is 0. The van der Waals surface area contributed by atoms with Crippen molar-refractivity contribution in [2.24, 2.45) is 13.8 Å². The molecule has 7 heteroatoms. The van der Waals surface area contributed by atoms with Gasteiger partial charge in [0.15, 0.2) is 0 Å². The summed E-state index contributed by atoms with van der Waals surface area (Å²) in [7, 11) is -2.53. The monoisotopic (exact) mass is 312 g/mol. The Morgan fingerprint density at radius 3 is 1.89 bits per heavy atom. The summed E-state index contributed by atoms with van der Waals surface area (Å²) in [4.78, 5) is 0. The minimum atomic E-state index is -1.71. The Kier molecular flexibility index (Phi) is 7.71. The molecule has 1 N–H and O–H groups in total. The Morgan fingerprint density at radius 1 is 0.944 bits per heavy atom. The highest BCUT2D eigenvalue weighted by Gasteiger charge is 2.14. The Labute approximate surface area is 114 Å². The summed E-state index contributed by atoms with van der Waals surface area (Å²) in [5.41, 5.74) is 0. The highest BCUT2D eigenvalue weighted by molar-refractivity contribution is 7.79. The first-order chi connectivity index (χ1) is 8.04. The zero-order valence-electron chi connectivity index (χ0n) is 13.3. The Balaban J connectivity index is 5.22. The average Bonchev–Trinajstić information content (AvgIpc) is 2.13. The molecule has 0 aliphatic carbocycles. The molecule has 0 aromatic rings. The zero-order chi connectivity index (χ0) is 14.4. The molecule has 0 aliphatic rings. The van der Waals surface area contributed by atoms with Gasteiger partial charge in [-0.1, -0.05) is 13.3 Å². The van der Waals surface area contributed by atoms with Crippen LogP contribution in [0.1, 0.15) is 19.8 Å². The van der Waals surface area contributed by atoms with E-state index in [1.54, 1.807) is 0 Å². The van der Waals surface area contributed by atoms with Crippen LogP contribution in [-0.2, 0) is 0 Å². The molecule has 18 heavy (non-hydrogen) atoms. The lowest BCUT2D eigenvalue weighted by Crippen LogP contribution is -2.09. The van der Waals surface area contributed by atoms with E-state index in [1.165, 1.54) is 12.8 Å². The van der Waals surface area contributed by atoms with Gasteiger partial charge in [-0.05, 0) is 46.8 Å². The van der Waals surface area contributed by atoms with Gasteiger partial charge in [-0.15, -0.1) is 0 Å². The summed E-state index contributed by atoms with van der Waals surface area (Å²) in [6.07, 6.45) is 2.38. The van der Waals surface area contributed by atoms with E-state index in [0.717, 1.165) is 6.54 Å². The molecule has 110 valence electrons. The maximum Gasteiger partial charge on any atom is 0.134 e. The molecule has 0 aromatic heterocycles.